The van der Waals surface area contributed by atoms with Crippen LogP contribution in [0, 0.1) is 12.3 Å². The number of fused-ring (bicyclic) bond motifs is 1. The van der Waals surface area contributed by atoms with Crippen molar-refractivity contribution in [3.05, 3.63) is 64.8 Å². The second kappa shape index (κ2) is 8.97. The predicted octanol–water partition coefficient (Wildman–Crippen LogP) is 6.12. The molecule has 1 fully saturated rings. The van der Waals surface area contributed by atoms with E-state index in [2.05, 4.69) is 36.7 Å². The summed E-state index contributed by atoms with van der Waals surface area (Å²) >= 11 is 1.56. The van der Waals surface area contributed by atoms with E-state index < -0.39 is 0 Å². The van der Waals surface area contributed by atoms with Gasteiger partial charge in [0.25, 0.3) is 0 Å². The Balaban J connectivity index is 0.000000167. The van der Waals surface area contributed by atoms with Crippen LogP contribution in [0.2, 0.25) is 0 Å². The molecular formula is C24H30N2OS. The first-order valence-electron chi connectivity index (χ1n) is 10.1. The molecule has 0 atom stereocenters. The average molecular weight is 395 g/mol. The number of ketones is 1. The maximum absolute atomic E-state index is 11.0. The molecule has 0 unspecified atom stereocenters. The molecule has 1 aliphatic heterocycles. The molecule has 3 heterocycles. The van der Waals surface area contributed by atoms with E-state index in [9.17, 15) is 4.79 Å². The zero-order valence-corrected chi connectivity index (χ0v) is 18.2. The average Bonchev–Trinajstić information content (AvgIpc) is 3.11. The Morgan fingerprint density at radius 3 is 2.46 bits per heavy atom. The number of pyridine rings is 1. The lowest BCUT2D eigenvalue weighted by Gasteiger charge is -2.50. The van der Waals surface area contributed by atoms with E-state index in [0.717, 1.165) is 16.8 Å². The first-order chi connectivity index (χ1) is 13.5. The minimum absolute atomic E-state index is 0.149. The van der Waals surface area contributed by atoms with Crippen molar-refractivity contribution in [2.75, 3.05) is 13.1 Å². The van der Waals surface area contributed by atoms with Crippen LogP contribution in [0.3, 0.4) is 0 Å². The molecule has 0 radical (unpaired) electrons. The largest absolute Gasteiger partial charge is 0.296 e. The third-order valence-electron chi connectivity index (χ3n) is 5.88. The summed E-state index contributed by atoms with van der Waals surface area (Å²) in [6.07, 6.45) is 4.51. The molecule has 1 aliphatic rings. The highest BCUT2D eigenvalue weighted by Crippen LogP contribution is 2.37. The summed E-state index contributed by atoms with van der Waals surface area (Å²) < 4.78 is 1.18. The van der Waals surface area contributed by atoms with Gasteiger partial charge in [-0.25, -0.2) is 0 Å². The predicted molar refractivity (Wildman–Crippen MR) is 119 cm³/mol. The minimum Gasteiger partial charge on any atom is -0.296 e. The van der Waals surface area contributed by atoms with Gasteiger partial charge in [-0.3, -0.25) is 14.7 Å². The van der Waals surface area contributed by atoms with Gasteiger partial charge >= 0.3 is 0 Å². The van der Waals surface area contributed by atoms with Crippen LogP contribution in [-0.2, 0) is 6.54 Å². The van der Waals surface area contributed by atoms with Gasteiger partial charge in [0, 0.05) is 30.5 Å². The Morgan fingerprint density at radius 2 is 1.86 bits per heavy atom. The summed E-state index contributed by atoms with van der Waals surface area (Å²) in [5.74, 6) is 0.149. The fourth-order valence-electron chi connectivity index (χ4n) is 3.76. The summed E-state index contributed by atoms with van der Waals surface area (Å²) in [4.78, 5) is 18.8. The van der Waals surface area contributed by atoms with Gasteiger partial charge in [0.15, 0.2) is 5.78 Å². The highest BCUT2D eigenvalue weighted by molar-refractivity contribution is 7.20. The Morgan fingerprint density at radius 1 is 1.14 bits per heavy atom. The molecule has 3 nitrogen and oxygen atoms in total. The van der Waals surface area contributed by atoms with Crippen LogP contribution in [0.4, 0.5) is 0 Å². The molecule has 3 aromatic rings. The molecule has 148 valence electrons. The SMILES string of the molecule is CC(=O)c1cc2ccccc2s1.CCC1(CC)CN(Cc2ncccc2C)C1. The molecule has 1 saturated heterocycles. The van der Waals surface area contributed by atoms with Crippen LogP contribution in [0.15, 0.2) is 48.7 Å². The molecule has 0 spiro atoms. The summed E-state index contributed by atoms with van der Waals surface area (Å²) in [5, 5.41) is 1.16. The van der Waals surface area contributed by atoms with Crippen molar-refractivity contribution in [3.63, 3.8) is 0 Å². The Hall–Kier alpha value is -2.04. The minimum atomic E-state index is 0.149. The number of carbonyl (C=O) groups excluding carboxylic acids is 1. The molecule has 0 aliphatic carbocycles. The van der Waals surface area contributed by atoms with Gasteiger partial charge in [0.1, 0.15) is 0 Å². The molecule has 28 heavy (non-hydrogen) atoms. The number of nitrogens with zero attached hydrogens (tertiary/aromatic N) is 2. The lowest BCUT2D eigenvalue weighted by molar-refractivity contribution is -0.0129. The summed E-state index contributed by atoms with van der Waals surface area (Å²) in [7, 11) is 0. The first kappa shape index (κ1) is 20.7. The van der Waals surface area contributed by atoms with Crippen molar-refractivity contribution in [2.24, 2.45) is 5.41 Å². The van der Waals surface area contributed by atoms with Crippen LogP contribution < -0.4 is 0 Å². The smallest absolute Gasteiger partial charge is 0.169 e. The van der Waals surface area contributed by atoms with Gasteiger partial charge in [0.2, 0.25) is 0 Å². The normalized spacial score (nSPS) is 15.6. The van der Waals surface area contributed by atoms with Crippen molar-refractivity contribution in [1.82, 2.24) is 9.88 Å². The lowest BCUT2D eigenvalue weighted by Crippen LogP contribution is -2.55. The molecule has 1 aromatic carbocycles. The standard InChI is InChI=1S/C14H22N2.C10H8OS/c1-4-14(5-2)10-16(11-14)9-13-12(3)7-6-8-15-13;1-7(11)10-6-8-4-2-3-5-9(8)12-10/h6-8H,4-5,9-11H2,1-3H3;2-6H,1H3. The number of hydrogen-bond acceptors (Lipinski definition) is 4. The topological polar surface area (TPSA) is 33.2 Å². The summed E-state index contributed by atoms with van der Waals surface area (Å²) in [6, 6.07) is 14.1. The van der Waals surface area contributed by atoms with E-state index in [-0.39, 0.29) is 5.78 Å². The van der Waals surface area contributed by atoms with Gasteiger partial charge < -0.3 is 0 Å². The Bertz CT molecular complexity index is 901. The fraction of sp³-hybridized carbons (Fsp3) is 0.417. The fourth-order valence-corrected chi connectivity index (χ4v) is 4.72. The van der Waals surface area contributed by atoms with Crippen LogP contribution >= 0.6 is 11.3 Å². The second-order valence-electron chi connectivity index (χ2n) is 7.82. The molecule has 4 rings (SSSR count). The first-order valence-corrected chi connectivity index (χ1v) is 10.9. The monoisotopic (exact) mass is 394 g/mol. The van der Waals surface area contributed by atoms with Crippen LogP contribution in [0.5, 0.6) is 0 Å². The summed E-state index contributed by atoms with van der Waals surface area (Å²) in [5.41, 5.74) is 3.15. The molecule has 0 N–H and O–H groups in total. The van der Waals surface area contributed by atoms with Crippen molar-refractivity contribution >= 4 is 27.2 Å². The molecular weight excluding hydrogens is 364 g/mol. The van der Waals surface area contributed by atoms with Gasteiger partial charge in [-0.15, -0.1) is 11.3 Å². The maximum atomic E-state index is 11.0. The number of likely N-dealkylation sites (tertiary alicyclic amines) is 1. The van der Waals surface area contributed by atoms with Gasteiger partial charge in [0.05, 0.1) is 10.6 Å². The van der Waals surface area contributed by atoms with E-state index in [0.29, 0.717) is 5.41 Å². The Kier molecular flexibility index (Phi) is 6.63. The van der Waals surface area contributed by atoms with E-state index in [1.165, 1.54) is 41.9 Å². The third kappa shape index (κ3) is 4.68. The van der Waals surface area contributed by atoms with Gasteiger partial charge in [-0.2, -0.15) is 0 Å². The van der Waals surface area contributed by atoms with Gasteiger partial charge in [-0.05, 0) is 61.3 Å². The molecule has 0 saturated carbocycles. The molecule has 4 heteroatoms. The second-order valence-corrected chi connectivity index (χ2v) is 8.91. The Labute approximate surface area is 172 Å². The number of thiophene rings is 1. The van der Waals surface area contributed by atoms with Crippen molar-refractivity contribution < 1.29 is 4.79 Å². The molecule has 0 amide bonds. The number of benzene rings is 1. The lowest BCUT2D eigenvalue weighted by atomic mass is 9.75. The number of aromatic nitrogens is 1. The van der Waals surface area contributed by atoms with Gasteiger partial charge in [-0.1, -0.05) is 38.1 Å². The highest BCUT2D eigenvalue weighted by atomic mass is 32.1. The molecule has 2 aromatic heterocycles. The number of hydrogen-bond donors (Lipinski definition) is 0. The third-order valence-corrected chi connectivity index (χ3v) is 7.10. The molecule has 0 bridgehead atoms. The van der Waals surface area contributed by atoms with Crippen molar-refractivity contribution in [1.29, 1.82) is 0 Å². The van der Waals surface area contributed by atoms with E-state index >= 15 is 0 Å². The van der Waals surface area contributed by atoms with Crippen LogP contribution in [0.1, 0.15) is 54.5 Å². The maximum Gasteiger partial charge on any atom is 0.169 e. The zero-order chi connectivity index (χ0) is 20.1. The van der Waals surface area contributed by atoms with E-state index in [4.69, 9.17) is 0 Å². The number of carbonyl (C=O) groups is 1. The van der Waals surface area contributed by atoms with E-state index in [1.54, 1.807) is 18.3 Å². The van der Waals surface area contributed by atoms with E-state index in [1.807, 2.05) is 42.6 Å². The number of rotatable bonds is 5. The zero-order valence-electron chi connectivity index (χ0n) is 17.4. The highest BCUT2D eigenvalue weighted by Gasteiger charge is 2.39. The van der Waals surface area contributed by atoms with Crippen molar-refractivity contribution in [3.8, 4) is 0 Å². The number of Topliss-reactive ketones (excluding diaryl/α,β-unsaturated/α-hetero) is 1. The summed E-state index contributed by atoms with van der Waals surface area (Å²) in [6.45, 7) is 11.9. The van der Waals surface area contributed by atoms with Crippen LogP contribution in [-0.4, -0.2) is 28.8 Å². The van der Waals surface area contributed by atoms with Crippen LogP contribution in [0.25, 0.3) is 10.1 Å². The number of aryl methyl sites for hydroxylation is 1. The van der Waals surface area contributed by atoms with Crippen molar-refractivity contribution in [2.45, 2.75) is 47.1 Å². The quantitative estimate of drug-likeness (QED) is 0.489.